The van der Waals surface area contributed by atoms with Crippen LogP contribution in [0.25, 0.3) is 0 Å². The van der Waals surface area contributed by atoms with E-state index in [0.29, 0.717) is 4.47 Å². The van der Waals surface area contributed by atoms with Crippen LogP contribution in [0.15, 0.2) is 22.7 Å². The van der Waals surface area contributed by atoms with E-state index in [0.717, 1.165) is 6.07 Å². The molecular formula is C12H16BrF3N2. The summed E-state index contributed by atoms with van der Waals surface area (Å²) in [4.78, 5) is 0. The van der Waals surface area contributed by atoms with Gasteiger partial charge in [0, 0.05) is 22.7 Å². The molecule has 1 aromatic carbocycles. The van der Waals surface area contributed by atoms with Gasteiger partial charge >= 0.3 is 6.18 Å². The molecule has 0 spiro atoms. The van der Waals surface area contributed by atoms with Crippen molar-refractivity contribution in [3.8, 4) is 0 Å². The van der Waals surface area contributed by atoms with Crippen molar-refractivity contribution in [3.63, 3.8) is 0 Å². The first-order chi connectivity index (χ1) is 8.25. The summed E-state index contributed by atoms with van der Waals surface area (Å²) < 4.78 is 39.1. The van der Waals surface area contributed by atoms with Gasteiger partial charge in [-0.1, -0.05) is 29.8 Å². The lowest BCUT2D eigenvalue weighted by Gasteiger charge is -2.24. The molecule has 0 aliphatic rings. The molecule has 18 heavy (non-hydrogen) atoms. The molecule has 0 saturated heterocycles. The number of nitrogens with two attached hydrogens (primary N) is 1. The van der Waals surface area contributed by atoms with Crippen LogP contribution in [0.1, 0.15) is 19.4 Å². The molecule has 0 fully saturated rings. The highest BCUT2D eigenvalue weighted by Gasteiger charge is 2.34. The highest BCUT2D eigenvalue weighted by molar-refractivity contribution is 9.10. The Bertz CT molecular complexity index is 405. The van der Waals surface area contributed by atoms with Gasteiger partial charge in [0.15, 0.2) is 0 Å². The maximum Gasteiger partial charge on any atom is 0.418 e. The Morgan fingerprint density at radius 1 is 1.33 bits per heavy atom. The van der Waals surface area contributed by atoms with Gasteiger partial charge in [-0.2, -0.15) is 13.2 Å². The Hall–Kier alpha value is -0.750. The second-order valence-electron chi connectivity index (χ2n) is 4.42. The predicted molar refractivity (Wildman–Crippen MR) is 70.4 cm³/mol. The topological polar surface area (TPSA) is 38.0 Å². The summed E-state index contributed by atoms with van der Waals surface area (Å²) in [6, 6.07) is 3.66. The smallest absolute Gasteiger partial charge is 0.380 e. The zero-order valence-electron chi connectivity index (χ0n) is 10.2. The maximum absolute atomic E-state index is 12.8. The third-order valence-corrected chi connectivity index (χ3v) is 3.18. The lowest BCUT2D eigenvalue weighted by Crippen LogP contribution is -2.34. The summed E-state index contributed by atoms with van der Waals surface area (Å²) >= 11 is 3.17. The van der Waals surface area contributed by atoms with Crippen LogP contribution in [-0.2, 0) is 6.18 Å². The third kappa shape index (κ3) is 3.88. The minimum atomic E-state index is -4.38. The van der Waals surface area contributed by atoms with E-state index in [-0.39, 0.29) is 24.2 Å². The van der Waals surface area contributed by atoms with Crippen molar-refractivity contribution in [3.05, 3.63) is 28.2 Å². The Morgan fingerprint density at radius 3 is 2.39 bits per heavy atom. The Kier molecular flexibility index (Phi) is 5.04. The minimum Gasteiger partial charge on any atom is -0.380 e. The van der Waals surface area contributed by atoms with Crippen molar-refractivity contribution >= 4 is 21.6 Å². The van der Waals surface area contributed by atoms with E-state index in [1.165, 1.54) is 12.1 Å². The molecule has 0 aromatic heterocycles. The third-order valence-electron chi connectivity index (χ3n) is 2.69. The second-order valence-corrected chi connectivity index (χ2v) is 5.33. The van der Waals surface area contributed by atoms with Crippen LogP contribution >= 0.6 is 15.9 Å². The van der Waals surface area contributed by atoms with Crippen molar-refractivity contribution in [1.82, 2.24) is 0 Å². The normalized spacial score (nSPS) is 13.8. The molecule has 102 valence electrons. The van der Waals surface area contributed by atoms with Crippen LogP contribution < -0.4 is 11.1 Å². The predicted octanol–water partition coefficient (Wildman–Crippen LogP) is 3.86. The number of anilines is 1. The fourth-order valence-corrected chi connectivity index (χ4v) is 1.94. The Labute approximate surface area is 113 Å². The molecule has 1 unspecified atom stereocenters. The number of halogens is 4. The first-order valence-corrected chi connectivity index (χ1v) is 6.38. The quantitative estimate of drug-likeness (QED) is 0.882. The monoisotopic (exact) mass is 324 g/mol. The van der Waals surface area contributed by atoms with E-state index in [1.807, 2.05) is 13.8 Å². The molecule has 3 N–H and O–H groups in total. The zero-order chi connectivity index (χ0) is 13.9. The molecule has 1 rings (SSSR count). The van der Waals surface area contributed by atoms with Crippen molar-refractivity contribution in [1.29, 1.82) is 0 Å². The van der Waals surface area contributed by atoms with Crippen LogP contribution in [0.3, 0.4) is 0 Å². The maximum atomic E-state index is 12.8. The van der Waals surface area contributed by atoms with E-state index < -0.39 is 11.7 Å². The molecular weight excluding hydrogens is 309 g/mol. The van der Waals surface area contributed by atoms with Crippen molar-refractivity contribution in [2.75, 3.05) is 11.9 Å². The van der Waals surface area contributed by atoms with E-state index >= 15 is 0 Å². The van der Waals surface area contributed by atoms with Gasteiger partial charge in [-0.3, -0.25) is 0 Å². The standard InChI is InChI=1S/C12H16BrF3N2/c1-7(2)11(6-17)18-10-5-8(13)3-4-9(10)12(14,15)16/h3-5,7,11,18H,6,17H2,1-2H3. The number of benzene rings is 1. The van der Waals surface area contributed by atoms with E-state index in [2.05, 4.69) is 21.2 Å². The summed E-state index contributed by atoms with van der Waals surface area (Å²) in [7, 11) is 0. The van der Waals surface area contributed by atoms with Crippen LogP contribution in [0.2, 0.25) is 0 Å². The molecule has 0 saturated carbocycles. The number of hydrogen-bond donors (Lipinski definition) is 2. The van der Waals surface area contributed by atoms with Crippen molar-refractivity contribution in [2.24, 2.45) is 11.7 Å². The number of nitrogens with one attached hydrogen (secondary N) is 1. The molecule has 0 heterocycles. The largest absolute Gasteiger partial charge is 0.418 e. The van der Waals surface area contributed by atoms with Gasteiger partial charge < -0.3 is 11.1 Å². The first kappa shape index (κ1) is 15.3. The summed E-state index contributed by atoms with van der Waals surface area (Å²) in [5.41, 5.74) is 4.94. The van der Waals surface area contributed by atoms with Crippen LogP contribution in [0.5, 0.6) is 0 Å². The highest BCUT2D eigenvalue weighted by atomic mass is 79.9. The van der Waals surface area contributed by atoms with E-state index in [9.17, 15) is 13.2 Å². The van der Waals surface area contributed by atoms with Gasteiger partial charge in [0.1, 0.15) is 0 Å². The van der Waals surface area contributed by atoms with E-state index in [4.69, 9.17) is 5.73 Å². The van der Waals surface area contributed by atoms with Gasteiger partial charge in [-0.25, -0.2) is 0 Å². The lowest BCUT2D eigenvalue weighted by molar-refractivity contribution is -0.137. The molecule has 6 heteroatoms. The average molecular weight is 325 g/mol. The van der Waals surface area contributed by atoms with Crippen molar-refractivity contribution in [2.45, 2.75) is 26.1 Å². The van der Waals surface area contributed by atoms with Gasteiger partial charge in [-0.15, -0.1) is 0 Å². The molecule has 0 aliphatic carbocycles. The van der Waals surface area contributed by atoms with Crippen LogP contribution in [-0.4, -0.2) is 12.6 Å². The molecule has 0 bridgehead atoms. The van der Waals surface area contributed by atoms with Gasteiger partial charge in [0.2, 0.25) is 0 Å². The molecule has 0 aliphatic heterocycles. The summed E-state index contributed by atoms with van der Waals surface area (Å²) in [5, 5.41) is 2.87. The molecule has 0 radical (unpaired) electrons. The summed E-state index contributed by atoms with van der Waals surface area (Å²) in [5.74, 6) is 0.148. The summed E-state index contributed by atoms with van der Waals surface area (Å²) in [6.45, 7) is 4.10. The molecule has 1 aromatic rings. The molecule has 2 nitrogen and oxygen atoms in total. The second kappa shape index (κ2) is 5.93. The Morgan fingerprint density at radius 2 is 1.94 bits per heavy atom. The molecule has 0 amide bonds. The highest BCUT2D eigenvalue weighted by Crippen LogP contribution is 2.36. The average Bonchev–Trinajstić information content (AvgIpc) is 2.23. The number of hydrogen-bond acceptors (Lipinski definition) is 2. The van der Waals surface area contributed by atoms with Gasteiger partial charge in [-0.05, 0) is 24.1 Å². The van der Waals surface area contributed by atoms with Gasteiger partial charge in [0.05, 0.1) is 5.56 Å². The SMILES string of the molecule is CC(C)C(CN)Nc1cc(Br)ccc1C(F)(F)F. The minimum absolute atomic E-state index is 0.0565. The first-order valence-electron chi connectivity index (χ1n) is 5.59. The van der Waals surface area contributed by atoms with E-state index in [1.54, 1.807) is 0 Å². The zero-order valence-corrected chi connectivity index (χ0v) is 11.8. The lowest BCUT2D eigenvalue weighted by atomic mass is 10.0. The fourth-order valence-electron chi connectivity index (χ4n) is 1.58. The fraction of sp³-hybridized carbons (Fsp3) is 0.500. The summed E-state index contributed by atoms with van der Waals surface area (Å²) in [6.07, 6.45) is -4.38. The van der Waals surface area contributed by atoms with Crippen molar-refractivity contribution < 1.29 is 13.2 Å². The number of rotatable bonds is 4. The van der Waals surface area contributed by atoms with Crippen LogP contribution in [0.4, 0.5) is 18.9 Å². The Balaban J connectivity index is 3.10. The molecule has 1 atom stereocenters. The number of alkyl halides is 3. The van der Waals surface area contributed by atoms with Gasteiger partial charge in [0.25, 0.3) is 0 Å². The van der Waals surface area contributed by atoms with Crippen LogP contribution in [0, 0.1) is 5.92 Å².